The Labute approximate surface area is 184 Å². The van der Waals surface area contributed by atoms with Crippen LogP contribution in [0.3, 0.4) is 0 Å². The molecule has 2 atom stereocenters. The summed E-state index contributed by atoms with van der Waals surface area (Å²) in [5.74, 6) is 0.475. The molecular weight excluding hydrogens is 396 g/mol. The molecule has 0 bridgehead atoms. The minimum absolute atomic E-state index is 0.0420. The fraction of sp³-hybridized carbons (Fsp3) is 0.440. The maximum Gasteiger partial charge on any atom is 0.245 e. The van der Waals surface area contributed by atoms with Crippen LogP contribution in [0.4, 0.5) is 0 Å². The third kappa shape index (κ3) is 5.85. The van der Waals surface area contributed by atoms with Crippen molar-refractivity contribution in [2.24, 2.45) is 5.92 Å². The monoisotopic (exact) mass is 426 g/mol. The highest BCUT2D eigenvalue weighted by Crippen LogP contribution is 2.29. The van der Waals surface area contributed by atoms with Crippen molar-refractivity contribution in [3.05, 3.63) is 70.7 Å². The molecule has 1 saturated heterocycles. The van der Waals surface area contributed by atoms with Gasteiger partial charge in [0.15, 0.2) is 0 Å². The van der Waals surface area contributed by atoms with Gasteiger partial charge in [0.2, 0.25) is 11.8 Å². The number of piperidine rings is 1. The van der Waals surface area contributed by atoms with Crippen molar-refractivity contribution in [3.63, 3.8) is 0 Å². The van der Waals surface area contributed by atoms with E-state index in [-0.39, 0.29) is 17.7 Å². The predicted octanol–water partition coefficient (Wildman–Crippen LogP) is 4.82. The quantitative estimate of drug-likeness (QED) is 0.690. The molecule has 160 valence electrons. The van der Waals surface area contributed by atoms with Crippen molar-refractivity contribution in [1.29, 1.82) is 0 Å². The molecule has 5 heteroatoms. The van der Waals surface area contributed by atoms with Crippen LogP contribution in [0.15, 0.2) is 54.6 Å². The molecule has 0 spiro atoms. The Morgan fingerprint density at radius 1 is 1.07 bits per heavy atom. The number of rotatable bonds is 7. The molecule has 0 aromatic heterocycles. The van der Waals surface area contributed by atoms with E-state index in [0.29, 0.717) is 25.4 Å². The molecule has 0 radical (unpaired) electrons. The van der Waals surface area contributed by atoms with Crippen LogP contribution in [-0.2, 0) is 16.0 Å². The Bertz CT molecular complexity index is 830. The molecule has 2 aromatic rings. The van der Waals surface area contributed by atoms with Gasteiger partial charge in [-0.05, 0) is 47.9 Å². The molecule has 3 rings (SSSR count). The highest BCUT2D eigenvalue weighted by atomic mass is 35.5. The van der Waals surface area contributed by atoms with Crippen LogP contribution in [0.1, 0.15) is 50.2 Å². The first-order valence-electron chi connectivity index (χ1n) is 10.9. The SMILES string of the molecule is CCC(C)[C@@H](NC(=O)Cc1ccccc1)C(=O)N1CCC(c2ccc(Cl)cc2)CC1. The number of benzene rings is 2. The van der Waals surface area contributed by atoms with E-state index >= 15 is 0 Å². The van der Waals surface area contributed by atoms with Gasteiger partial charge in [-0.25, -0.2) is 0 Å². The molecule has 1 N–H and O–H groups in total. The summed E-state index contributed by atoms with van der Waals surface area (Å²) in [6.07, 6.45) is 2.99. The van der Waals surface area contributed by atoms with E-state index < -0.39 is 6.04 Å². The van der Waals surface area contributed by atoms with Crippen LogP contribution in [0.2, 0.25) is 5.02 Å². The van der Waals surface area contributed by atoms with Gasteiger partial charge in [-0.2, -0.15) is 0 Å². The Kier molecular flexibility index (Phi) is 7.92. The van der Waals surface area contributed by atoms with Crippen LogP contribution >= 0.6 is 11.6 Å². The van der Waals surface area contributed by atoms with E-state index in [4.69, 9.17) is 11.6 Å². The molecule has 2 aromatic carbocycles. The Morgan fingerprint density at radius 3 is 2.30 bits per heavy atom. The number of likely N-dealkylation sites (tertiary alicyclic amines) is 1. The van der Waals surface area contributed by atoms with Crippen LogP contribution in [0.25, 0.3) is 0 Å². The summed E-state index contributed by atoms with van der Waals surface area (Å²) in [6, 6.07) is 17.2. The largest absolute Gasteiger partial charge is 0.344 e. The van der Waals surface area contributed by atoms with E-state index in [9.17, 15) is 9.59 Å². The number of carbonyl (C=O) groups is 2. The van der Waals surface area contributed by atoms with Gasteiger partial charge in [-0.15, -0.1) is 0 Å². The van der Waals surface area contributed by atoms with Gasteiger partial charge in [-0.1, -0.05) is 74.3 Å². The smallest absolute Gasteiger partial charge is 0.245 e. The number of amides is 2. The van der Waals surface area contributed by atoms with Gasteiger partial charge in [-0.3, -0.25) is 9.59 Å². The minimum atomic E-state index is -0.474. The van der Waals surface area contributed by atoms with Crippen molar-refractivity contribution >= 4 is 23.4 Å². The average Bonchev–Trinajstić information content (AvgIpc) is 2.78. The van der Waals surface area contributed by atoms with Crippen molar-refractivity contribution in [2.45, 2.75) is 51.5 Å². The molecule has 0 saturated carbocycles. The minimum Gasteiger partial charge on any atom is -0.344 e. The number of nitrogens with one attached hydrogen (secondary N) is 1. The van der Waals surface area contributed by atoms with Crippen LogP contribution < -0.4 is 5.32 Å². The van der Waals surface area contributed by atoms with Crippen molar-refractivity contribution in [2.75, 3.05) is 13.1 Å². The maximum absolute atomic E-state index is 13.3. The number of halogens is 1. The zero-order chi connectivity index (χ0) is 21.5. The third-order valence-corrected chi connectivity index (χ3v) is 6.40. The van der Waals surface area contributed by atoms with E-state index in [1.54, 1.807) is 0 Å². The number of hydrogen-bond acceptors (Lipinski definition) is 2. The predicted molar refractivity (Wildman–Crippen MR) is 122 cm³/mol. The molecule has 1 heterocycles. The van der Waals surface area contributed by atoms with Gasteiger partial charge in [0.05, 0.1) is 6.42 Å². The van der Waals surface area contributed by atoms with Crippen molar-refractivity contribution in [1.82, 2.24) is 10.2 Å². The summed E-state index contributed by atoms with van der Waals surface area (Å²) in [5.41, 5.74) is 2.23. The van der Waals surface area contributed by atoms with Gasteiger partial charge in [0, 0.05) is 18.1 Å². The van der Waals surface area contributed by atoms with Crippen LogP contribution in [0, 0.1) is 5.92 Å². The molecule has 1 aliphatic heterocycles. The summed E-state index contributed by atoms with van der Waals surface area (Å²) in [4.78, 5) is 27.8. The van der Waals surface area contributed by atoms with E-state index in [2.05, 4.69) is 24.4 Å². The lowest BCUT2D eigenvalue weighted by Crippen LogP contribution is -2.53. The topological polar surface area (TPSA) is 49.4 Å². The standard InChI is InChI=1S/C25H31ClN2O2/c1-3-18(2)24(27-23(29)17-19-7-5-4-6-8-19)25(30)28-15-13-21(14-16-28)20-9-11-22(26)12-10-20/h4-12,18,21,24H,3,13-17H2,1-2H3,(H,27,29)/t18?,24-/m1/s1. The van der Waals surface area contributed by atoms with Gasteiger partial charge < -0.3 is 10.2 Å². The van der Waals surface area contributed by atoms with E-state index in [1.807, 2.05) is 54.3 Å². The molecule has 0 aliphatic carbocycles. The van der Waals surface area contributed by atoms with Gasteiger partial charge in [0.25, 0.3) is 0 Å². The highest BCUT2D eigenvalue weighted by molar-refractivity contribution is 6.30. The Hall–Kier alpha value is -2.33. The summed E-state index contributed by atoms with van der Waals surface area (Å²) in [7, 11) is 0. The first-order valence-corrected chi connectivity index (χ1v) is 11.2. The molecular formula is C25H31ClN2O2. The average molecular weight is 427 g/mol. The fourth-order valence-corrected chi connectivity index (χ4v) is 4.18. The summed E-state index contributed by atoms with van der Waals surface area (Å²) >= 11 is 6.00. The number of carbonyl (C=O) groups excluding carboxylic acids is 2. The Morgan fingerprint density at radius 2 is 1.70 bits per heavy atom. The van der Waals surface area contributed by atoms with Gasteiger partial charge in [0.1, 0.15) is 6.04 Å². The molecule has 30 heavy (non-hydrogen) atoms. The normalized spacial score (nSPS) is 16.7. The van der Waals surface area contributed by atoms with Crippen molar-refractivity contribution in [3.8, 4) is 0 Å². The summed E-state index contributed by atoms with van der Waals surface area (Å²) in [6.45, 7) is 5.52. The molecule has 1 fully saturated rings. The highest BCUT2D eigenvalue weighted by Gasteiger charge is 2.32. The fourth-order valence-electron chi connectivity index (χ4n) is 4.05. The lowest BCUT2D eigenvalue weighted by molar-refractivity contribution is -0.138. The lowest BCUT2D eigenvalue weighted by Gasteiger charge is -2.36. The number of hydrogen-bond donors (Lipinski definition) is 1. The summed E-state index contributed by atoms with van der Waals surface area (Å²) < 4.78 is 0. The van der Waals surface area contributed by atoms with Gasteiger partial charge >= 0.3 is 0 Å². The lowest BCUT2D eigenvalue weighted by atomic mass is 9.88. The second-order valence-electron chi connectivity index (χ2n) is 8.24. The van der Waals surface area contributed by atoms with Crippen molar-refractivity contribution < 1.29 is 9.59 Å². The third-order valence-electron chi connectivity index (χ3n) is 6.15. The van der Waals surface area contributed by atoms with Crippen LogP contribution in [0.5, 0.6) is 0 Å². The zero-order valence-electron chi connectivity index (χ0n) is 17.8. The molecule has 2 amide bonds. The van der Waals surface area contributed by atoms with Crippen LogP contribution in [-0.4, -0.2) is 35.8 Å². The Balaban J connectivity index is 1.60. The molecule has 4 nitrogen and oxygen atoms in total. The second kappa shape index (κ2) is 10.6. The molecule has 1 unspecified atom stereocenters. The first-order chi connectivity index (χ1) is 14.5. The zero-order valence-corrected chi connectivity index (χ0v) is 18.6. The second-order valence-corrected chi connectivity index (χ2v) is 8.68. The maximum atomic E-state index is 13.3. The number of nitrogens with zero attached hydrogens (tertiary/aromatic N) is 1. The van der Waals surface area contributed by atoms with E-state index in [0.717, 1.165) is 29.8 Å². The van der Waals surface area contributed by atoms with E-state index in [1.165, 1.54) is 5.56 Å². The first kappa shape index (κ1) is 22.4. The summed E-state index contributed by atoms with van der Waals surface area (Å²) in [5, 5.41) is 3.76. The molecule has 1 aliphatic rings.